The van der Waals surface area contributed by atoms with Gasteiger partial charge in [0.1, 0.15) is 5.82 Å². The number of carbonyl (C=O) groups excluding carboxylic acids is 1. The Balaban J connectivity index is 0.000000845. The van der Waals surface area contributed by atoms with Gasteiger partial charge in [0.2, 0.25) is 0 Å². The van der Waals surface area contributed by atoms with E-state index in [1.165, 1.54) is 0 Å². The monoisotopic (exact) mass is 173 g/mol. The molecule has 0 aromatic carbocycles. The number of nitrogens with one attached hydrogen (secondary N) is 1. The SMILES string of the molecule is Cc1nc([C@H]2C[C@H]2C(=O)[O-])n[nH]1.[Li+]. The third-order valence-electron chi connectivity index (χ3n) is 2.04. The van der Waals surface area contributed by atoms with Gasteiger partial charge in [0.05, 0.1) is 0 Å². The van der Waals surface area contributed by atoms with Crippen LogP contribution in [0.4, 0.5) is 0 Å². The van der Waals surface area contributed by atoms with Gasteiger partial charge < -0.3 is 9.90 Å². The van der Waals surface area contributed by atoms with Crippen LogP contribution in [0.25, 0.3) is 0 Å². The number of aryl methyl sites for hydroxylation is 1. The molecule has 1 aromatic heterocycles. The Morgan fingerprint density at radius 2 is 2.38 bits per heavy atom. The molecule has 5 nitrogen and oxygen atoms in total. The van der Waals surface area contributed by atoms with Crippen LogP contribution in [0.15, 0.2) is 0 Å². The first-order valence-corrected chi connectivity index (χ1v) is 3.78. The van der Waals surface area contributed by atoms with E-state index in [-0.39, 0.29) is 30.7 Å². The quantitative estimate of drug-likeness (QED) is 0.462. The maximum Gasteiger partial charge on any atom is 1.00 e. The minimum absolute atomic E-state index is 0. The molecule has 13 heavy (non-hydrogen) atoms. The smallest absolute Gasteiger partial charge is 0.550 e. The third-order valence-corrected chi connectivity index (χ3v) is 2.04. The average molecular weight is 173 g/mol. The van der Waals surface area contributed by atoms with Crippen molar-refractivity contribution in [3.63, 3.8) is 0 Å². The molecule has 0 unspecified atom stereocenters. The fraction of sp³-hybridized carbons (Fsp3) is 0.571. The van der Waals surface area contributed by atoms with Gasteiger partial charge in [0.25, 0.3) is 0 Å². The number of H-pyrrole nitrogens is 1. The predicted molar refractivity (Wildman–Crippen MR) is 37.0 cm³/mol. The third kappa shape index (κ3) is 1.93. The van der Waals surface area contributed by atoms with Crippen LogP contribution < -0.4 is 24.0 Å². The van der Waals surface area contributed by atoms with Crippen LogP contribution in [0.1, 0.15) is 24.0 Å². The summed E-state index contributed by atoms with van der Waals surface area (Å²) in [6, 6.07) is 0. The largest absolute Gasteiger partial charge is 1.00 e. The molecule has 2 rings (SSSR count). The normalized spacial score (nSPS) is 25.0. The first-order chi connectivity index (χ1) is 5.68. The fourth-order valence-corrected chi connectivity index (χ4v) is 1.27. The van der Waals surface area contributed by atoms with Crippen LogP contribution in [-0.2, 0) is 4.79 Å². The van der Waals surface area contributed by atoms with Crippen molar-refractivity contribution in [2.75, 3.05) is 0 Å². The summed E-state index contributed by atoms with van der Waals surface area (Å²) in [5.41, 5.74) is 0. The van der Waals surface area contributed by atoms with Gasteiger partial charge in [-0.05, 0) is 13.3 Å². The maximum absolute atomic E-state index is 10.4. The van der Waals surface area contributed by atoms with E-state index in [0.29, 0.717) is 18.1 Å². The Labute approximate surface area is 87.1 Å². The van der Waals surface area contributed by atoms with Crippen molar-refractivity contribution >= 4 is 5.97 Å². The van der Waals surface area contributed by atoms with Crippen molar-refractivity contribution in [2.45, 2.75) is 19.3 Å². The summed E-state index contributed by atoms with van der Waals surface area (Å²) < 4.78 is 0. The van der Waals surface area contributed by atoms with Crippen LogP contribution in [0.2, 0.25) is 0 Å². The molecule has 1 aliphatic rings. The van der Waals surface area contributed by atoms with Crippen LogP contribution in [-0.4, -0.2) is 21.2 Å². The van der Waals surface area contributed by atoms with Crippen molar-refractivity contribution in [3.8, 4) is 0 Å². The molecule has 0 bridgehead atoms. The van der Waals surface area contributed by atoms with E-state index >= 15 is 0 Å². The molecule has 6 heteroatoms. The standard InChI is InChI=1S/C7H9N3O2.Li/c1-3-8-6(10-9-3)4-2-5(4)7(11)12;/h4-5H,2H2,1H3,(H,11,12)(H,8,9,10);/q;+1/p-1/t4-,5+;/m0./s1. The predicted octanol–water partition coefficient (Wildman–Crippen LogP) is -4.03. The van der Waals surface area contributed by atoms with Crippen molar-refractivity contribution in [3.05, 3.63) is 11.6 Å². The molecule has 1 fully saturated rings. The average Bonchev–Trinajstić information content (AvgIpc) is 2.70. The molecule has 1 heterocycles. The van der Waals surface area contributed by atoms with Crippen molar-refractivity contribution in [2.24, 2.45) is 5.92 Å². The van der Waals surface area contributed by atoms with Crippen LogP contribution >= 0.6 is 0 Å². The van der Waals surface area contributed by atoms with Gasteiger partial charge in [0.15, 0.2) is 5.82 Å². The van der Waals surface area contributed by atoms with Crippen molar-refractivity contribution < 1.29 is 28.8 Å². The van der Waals surface area contributed by atoms with E-state index in [9.17, 15) is 9.90 Å². The van der Waals surface area contributed by atoms with E-state index in [1.54, 1.807) is 6.92 Å². The number of carboxylic acid groups (broad SMARTS) is 1. The summed E-state index contributed by atoms with van der Waals surface area (Å²) in [5, 5.41) is 16.9. The van der Waals surface area contributed by atoms with Gasteiger partial charge in [-0.1, -0.05) is 0 Å². The minimum atomic E-state index is -0.998. The van der Waals surface area contributed by atoms with Gasteiger partial charge in [-0.15, -0.1) is 0 Å². The number of carboxylic acids is 1. The molecule has 0 spiro atoms. The van der Waals surface area contributed by atoms with Crippen LogP contribution in [0, 0.1) is 12.8 Å². The second kappa shape index (κ2) is 3.52. The number of hydrogen-bond donors (Lipinski definition) is 1. The van der Waals surface area contributed by atoms with E-state index in [1.807, 2.05) is 0 Å². The molecule has 1 saturated carbocycles. The number of hydrogen-bond acceptors (Lipinski definition) is 4. The summed E-state index contributed by atoms with van der Waals surface area (Å²) in [5.74, 6) is -0.0849. The van der Waals surface area contributed by atoms with Crippen LogP contribution in [0.3, 0.4) is 0 Å². The van der Waals surface area contributed by atoms with E-state index in [2.05, 4.69) is 15.2 Å². The van der Waals surface area contributed by atoms with Crippen molar-refractivity contribution in [1.82, 2.24) is 15.2 Å². The first-order valence-electron chi connectivity index (χ1n) is 3.78. The molecular weight excluding hydrogens is 165 g/mol. The Morgan fingerprint density at radius 3 is 2.77 bits per heavy atom. The zero-order chi connectivity index (χ0) is 8.72. The van der Waals surface area contributed by atoms with Gasteiger partial charge in [-0.25, -0.2) is 4.98 Å². The van der Waals surface area contributed by atoms with Gasteiger partial charge in [-0.3, -0.25) is 5.10 Å². The molecule has 0 saturated heterocycles. The molecule has 64 valence electrons. The first kappa shape index (κ1) is 10.3. The Kier molecular flexibility index (Phi) is 2.79. The zero-order valence-corrected chi connectivity index (χ0v) is 7.57. The summed E-state index contributed by atoms with van der Waals surface area (Å²) in [6.07, 6.45) is 0.611. The van der Waals surface area contributed by atoms with Gasteiger partial charge in [-0.2, -0.15) is 5.10 Å². The zero-order valence-electron chi connectivity index (χ0n) is 7.57. The topological polar surface area (TPSA) is 81.7 Å². The molecular formula is C7H8LiN3O2. The number of carbonyl (C=O) groups is 1. The molecule has 1 aromatic rings. The number of rotatable bonds is 2. The Hall–Kier alpha value is -0.793. The molecule has 0 radical (unpaired) electrons. The second-order valence-corrected chi connectivity index (χ2v) is 3.05. The maximum atomic E-state index is 10.4. The summed E-state index contributed by atoms with van der Waals surface area (Å²) in [4.78, 5) is 14.4. The number of aromatic nitrogens is 3. The molecule has 0 amide bonds. The fourth-order valence-electron chi connectivity index (χ4n) is 1.27. The van der Waals surface area contributed by atoms with Gasteiger partial charge in [0, 0.05) is 17.8 Å². The summed E-state index contributed by atoms with van der Waals surface area (Å²) in [6.45, 7) is 1.78. The molecule has 1 N–H and O–H groups in total. The Morgan fingerprint density at radius 1 is 1.69 bits per heavy atom. The Bertz CT molecular complexity index is 325. The molecule has 2 atom stereocenters. The summed E-state index contributed by atoms with van der Waals surface area (Å²) >= 11 is 0. The molecule has 1 aliphatic carbocycles. The molecule has 0 aliphatic heterocycles. The van der Waals surface area contributed by atoms with E-state index in [0.717, 1.165) is 0 Å². The number of nitrogens with zero attached hydrogens (tertiary/aromatic N) is 2. The minimum Gasteiger partial charge on any atom is -0.550 e. The number of aliphatic carboxylic acids is 1. The number of aromatic amines is 1. The second-order valence-electron chi connectivity index (χ2n) is 3.05. The van der Waals surface area contributed by atoms with Crippen LogP contribution in [0.5, 0.6) is 0 Å². The van der Waals surface area contributed by atoms with E-state index < -0.39 is 5.97 Å². The summed E-state index contributed by atoms with van der Waals surface area (Å²) in [7, 11) is 0. The van der Waals surface area contributed by atoms with Crippen molar-refractivity contribution in [1.29, 1.82) is 0 Å². The van der Waals surface area contributed by atoms with Gasteiger partial charge >= 0.3 is 18.9 Å². The van der Waals surface area contributed by atoms with E-state index in [4.69, 9.17) is 0 Å².